The Morgan fingerprint density at radius 3 is 1.63 bits per heavy atom. The molecule has 4 bridgehead atoms. The van der Waals surface area contributed by atoms with Gasteiger partial charge in [0.15, 0.2) is 17.5 Å². The monoisotopic (exact) mass is 759 g/mol. The Labute approximate surface area is 346 Å². The van der Waals surface area contributed by atoms with Gasteiger partial charge >= 0.3 is 0 Å². The van der Waals surface area contributed by atoms with E-state index in [1.165, 1.54) is 82.0 Å². The average molecular weight is 760 g/mol. The van der Waals surface area contributed by atoms with E-state index in [1.54, 1.807) is 11.1 Å². The summed E-state index contributed by atoms with van der Waals surface area (Å²) in [5.74, 6) is 5.45. The minimum absolute atomic E-state index is 0.168. The summed E-state index contributed by atoms with van der Waals surface area (Å²) in [7, 11) is 0. The topological polar surface area (TPSA) is 38.7 Å². The van der Waals surface area contributed by atoms with Gasteiger partial charge in [0.05, 0.1) is 0 Å². The normalized spacial score (nSPS) is 23.6. The number of aromatic nitrogens is 3. The minimum atomic E-state index is -0.208. The second-order valence-electron chi connectivity index (χ2n) is 18.8. The van der Waals surface area contributed by atoms with Crippen molar-refractivity contribution < 1.29 is 0 Å². The lowest BCUT2D eigenvalue weighted by molar-refractivity contribution is -0.0399. The highest BCUT2D eigenvalue weighted by atomic mass is 15.0. The van der Waals surface area contributed by atoms with E-state index in [-0.39, 0.29) is 10.8 Å². The van der Waals surface area contributed by atoms with Crippen LogP contribution in [0.5, 0.6) is 0 Å². The lowest BCUT2D eigenvalue weighted by Gasteiger charge is -2.61. The standard InChI is InChI=1S/C56H45N3/c1-55(2)49-30-37(38-20-23-46-43-16-8-9-18-48(43)56(51(46)31-38)40-26-33-25-34(28-40)29-41(56)27-33)19-22-44(49)45-24-21-39(32-50(45)55)53-57-52(36-12-4-3-5-13-36)58-54(59-53)47-17-10-14-35-11-6-7-15-42(35)47/h3-24,30-34,40-41H,25-29H2,1-2H3. The van der Waals surface area contributed by atoms with Gasteiger partial charge in [-0.05, 0) is 140 Å². The van der Waals surface area contributed by atoms with Crippen LogP contribution in [0.1, 0.15) is 68.2 Å². The van der Waals surface area contributed by atoms with Gasteiger partial charge in [0, 0.05) is 27.5 Å². The van der Waals surface area contributed by atoms with E-state index in [0.29, 0.717) is 17.5 Å². The highest BCUT2D eigenvalue weighted by Crippen LogP contribution is 2.69. The third-order valence-corrected chi connectivity index (χ3v) is 15.5. The van der Waals surface area contributed by atoms with Gasteiger partial charge in [-0.15, -0.1) is 0 Å². The summed E-state index contributed by atoms with van der Waals surface area (Å²) in [4.78, 5) is 15.4. The van der Waals surface area contributed by atoms with Crippen LogP contribution in [0.15, 0.2) is 152 Å². The lowest BCUT2D eigenvalue weighted by Crippen LogP contribution is -2.55. The molecule has 1 heterocycles. The van der Waals surface area contributed by atoms with Crippen LogP contribution in [0.25, 0.3) is 78.3 Å². The van der Waals surface area contributed by atoms with Gasteiger partial charge in [0.1, 0.15) is 0 Å². The molecule has 1 aromatic heterocycles. The number of hydrogen-bond acceptors (Lipinski definition) is 3. The molecule has 3 heteroatoms. The van der Waals surface area contributed by atoms with Gasteiger partial charge in [-0.1, -0.05) is 147 Å². The lowest BCUT2D eigenvalue weighted by atomic mass is 9.43. The van der Waals surface area contributed by atoms with Gasteiger partial charge in [-0.25, -0.2) is 15.0 Å². The number of rotatable bonds is 4. The van der Waals surface area contributed by atoms with Crippen molar-refractivity contribution in [3.05, 3.63) is 174 Å². The molecule has 4 fully saturated rings. The molecule has 0 aliphatic heterocycles. The Hall–Kier alpha value is -6.19. The average Bonchev–Trinajstić information content (AvgIpc) is 3.69. The summed E-state index contributed by atoms with van der Waals surface area (Å²) >= 11 is 0. The molecule has 4 saturated carbocycles. The van der Waals surface area contributed by atoms with Crippen LogP contribution in [-0.4, -0.2) is 15.0 Å². The van der Waals surface area contributed by atoms with Gasteiger partial charge in [-0.2, -0.15) is 0 Å². The van der Waals surface area contributed by atoms with E-state index in [9.17, 15) is 0 Å². The Morgan fingerprint density at radius 2 is 0.898 bits per heavy atom. The van der Waals surface area contributed by atoms with Gasteiger partial charge < -0.3 is 0 Å². The number of hydrogen-bond donors (Lipinski definition) is 0. The number of nitrogens with zero attached hydrogens (tertiary/aromatic N) is 3. The largest absolute Gasteiger partial charge is 0.208 e. The quantitative estimate of drug-likeness (QED) is 0.179. The second-order valence-corrected chi connectivity index (χ2v) is 18.8. The Bertz CT molecular complexity index is 3010. The molecule has 8 aromatic rings. The van der Waals surface area contributed by atoms with Crippen molar-refractivity contribution in [2.24, 2.45) is 23.7 Å². The Balaban J connectivity index is 0.905. The molecule has 6 aliphatic rings. The van der Waals surface area contributed by atoms with E-state index in [0.717, 1.165) is 45.7 Å². The first-order valence-electron chi connectivity index (χ1n) is 21.8. The molecule has 1 spiro atoms. The summed E-state index contributed by atoms with van der Waals surface area (Å²) < 4.78 is 0. The maximum Gasteiger partial charge on any atom is 0.164 e. The van der Waals surface area contributed by atoms with Crippen molar-refractivity contribution in [2.75, 3.05) is 0 Å². The molecule has 0 amide bonds. The smallest absolute Gasteiger partial charge is 0.164 e. The molecule has 6 aliphatic carbocycles. The SMILES string of the molecule is CC1(C)c2cc(-c3ccc4c(c3)C3(c5ccccc5-4)C4CC5CC(C4)CC3C5)ccc2-c2ccc(-c3nc(-c4ccccc4)nc(-c4cccc5ccccc45)n3)cc21. The second kappa shape index (κ2) is 12.2. The molecular formula is C56H45N3. The molecule has 3 nitrogen and oxygen atoms in total. The van der Waals surface area contributed by atoms with Crippen molar-refractivity contribution in [3.63, 3.8) is 0 Å². The van der Waals surface area contributed by atoms with Crippen LogP contribution in [-0.2, 0) is 10.8 Å². The third-order valence-electron chi connectivity index (χ3n) is 15.5. The predicted molar refractivity (Wildman–Crippen MR) is 240 cm³/mol. The highest BCUT2D eigenvalue weighted by Gasteiger charge is 2.61. The van der Waals surface area contributed by atoms with Gasteiger partial charge in [-0.3, -0.25) is 0 Å². The van der Waals surface area contributed by atoms with Crippen LogP contribution in [0, 0.1) is 23.7 Å². The summed E-state index contributed by atoms with van der Waals surface area (Å²) in [6, 6.07) is 56.2. The molecule has 7 aromatic carbocycles. The zero-order valence-electron chi connectivity index (χ0n) is 33.6. The van der Waals surface area contributed by atoms with Crippen molar-refractivity contribution in [3.8, 4) is 67.5 Å². The minimum Gasteiger partial charge on any atom is -0.208 e. The van der Waals surface area contributed by atoms with Crippen molar-refractivity contribution in [1.82, 2.24) is 15.0 Å². The van der Waals surface area contributed by atoms with Crippen LogP contribution in [0.3, 0.4) is 0 Å². The molecule has 0 N–H and O–H groups in total. The van der Waals surface area contributed by atoms with E-state index < -0.39 is 0 Å². The third kappa shape index (κ3) is 4.73. The zero-order chi connectivity index (χ0) is 39.0. The Morgan fingerprint density at radius 1 is 0.390 bits per heavy atom. The van der Waals surface area contributed by atoms with Crippen LogP contribution >= 0.6 is 0 Å². The molecule has 0 unspecified atom stereocenters. The van der Waals surface area contributed by atoms with Crippen molar-refractivity contribution in [2.45, 2.75) is 56.8 Å². The van der Waals surface area contributed by atoms with Gasteiger partial charge in [0.25, 0.3) is 0 Å². The highest BCUT2D eigenvalue weighted by molar-refractivity contribution is 5.95. The fraction of sp³-hybridized carbons (Fsp3) is 0.232. The van der Waals surface area contributed by atoms with Crippen LogP contribution < -0.4 is 0 Å². The summed E-state index contributed by atoms with van der Waals surface area (Å²) in [6.45, 7) is 4.77. The number of fused-ring (bicyclic) bond motifs is 7. The van der Waals surface area contributed by atoms with Crippen molar-refractivity contribution in [1.29, 1.82) is 0 Å². The zero-order valence-corrected chi connectivity index (χ0v) is 33.6. The molecule has 0 atom stereocenters. The first kappa shape index (κ1) is 33.7. The maximum atomic E-state index is 5.21. The van der Waals surface area contributed by atoms with Crippen LogP contribution in [0.2, 0.25) is 0 Å². The first-order valence-corrected chi connectivity index (χ1v) is 21.8. The molecule has 14 rings (SSSR count). The van der Waals surface area contributed by atoms with Crippen LogP contribution in [0.4, 0.5) is 0 Å². The number of benzene rings is 7. The van der Waals surface area contributed by atoms with E-state index >= 15 is 0 Å². The summed E-state index contributed by atoms with van der Waals surface area (Å²) in [6.07, 6.45) is 7.09. The van der Waals surface area contributed by atoms with Crippen molar-refractivity contribution >= 4 is 10.8 Å². The molecule has 0 saturated heterocycles. The van der Waals surface area contributed by atoms with E-state index in [4.69, 9.17) is 15.0 Å². The summed E-state index contributed by atoms with van der Waals surface area (Å²) in [5.41, 5.74) is 17.1. The molecule has 0 radical (unpaired) electrons. The predicted octanol–water partition coefficient (Wildman–Crippen LogP) is 13.7. The van der Waals surface area contributed by atoms with Gasteiger partial charge in [0.2, 0.25) is 0 Å². The first-order chi connectivity index (χ1) is 28.9. The molecule has 59 heavy (non-hydrogen) atoms. The fourth-order valence-corrected chi connectivity index (χ4v) is 13.2. The Kier molecular flexibility index (Phi) is 6.96. The maximum absolute atomic E-state index is 5.21. The molecular weight excluding hydrogens is 715 g/mol. The summed E-state index contributed by atoms with van der Waals surface area (Å²) in [5, 5.41) is 2.30. The molecule has 284 valence electrons. The fourth-order valence-electron chi connectivity index (χ4n) is 13.2. The van der Waals surface area contributed by atoms with E-state index in [1.807, 2.05) is 18.2 Å². The van der Waals surface area contributed by atoms with E-state index in [2.05, 4.69) is 147 Å².